The number of pyridine rings is 1. The topological polar surface area (TPSA) is 150 Å². The Hall–Kier alpha value is -3.72. The zero-order chi connectivity index (χ0) is 28.7. The summed E-state index contributed by atoms with van der Waals surface area (Å²) in [6.07, 6.45) is 4.66. The maximum Gasteiger partial charge on any atom is 0.416 e. The number of nitrogens with two attached hydrogens (primary N) is 1. The number of hydrogen-bond donors (Lipinski definition) is 4. The zero-order valence-corrected chi connectivity index (χ0v) is 22.2. The van der Waals surface area contributed by atoms with Crippen molar-refractivity contribution in [1.29, 1.82) is 0 Å². The van der Waals surface area contributed by atoms with Crippen LogP contribution in [0.4, 0.5) is 13.2 Å². The monoisotopic (exact) mass is 565 g/mol. The van der Waals surface area contributed by atoms with Gasteiger partial charge < -0.3 is 21.2 Å². The van der Waals surface area contributed by atoms with Crippen LogP contribution in [0.3, 0.4) is 0 Å². The molecule has 0 spiro atoms. The van der Waals surface area contributed by atoms with Crippen molar-refractivity contribution in [3.8, 4) is 0 Å². The summed E-state index contributed by atoms with van der Waals surface area (Å²) in [5, 5.41) is 12.4. The van der Waals surface area contributed by atoms with Crippen molar-refractivity contribution in [1.82, 2.24) is 31.2 Å². The van der Waals surface area contributed by atoms with Gasteiger partial charge in [-0.15, -0.1) is 5.12 Å². The molecule has 4 rings (SSSR count). The summed E-state index contributed by atoms with van der Waals surface area (Å²) in [5.74, 6) is 4.86. The number of carbonyl (C=O) groups is 2. The van der Waals surface area contributed by atoms with Crippen molar-refractivity contribution in [3.05, 3.63) is 41.5 Å². The maximum absolute atomic E-state index is 12.9. The summed E-state index contributed by atoms with van der Waals surface area (Å²) < 4.78 is 44.4. The van der Waals surface area contributed by atoms with E-state index in [1.54, 1.807) is 23.4 Å². The van der Waals surface area contributed by atoms with Gasteiger partial charge in [-0.2, -0.15) is 18.3 Å². The van der Waals surface area contributed by atoms with E-state index in [-0.39, 0.29) is 35.7 Å². The van der Waals surface area contributed by atoms with Crippen LogP contribution in [-0.2, 0) is 27.0 Å². The molecule has 1 aromatic rings. The summed E-state index contributed by atoms with van der Waals surface area (Å²) >= 11 is 0. The lowest BCUT2D eigenvalue weighted by atomic mass is 9.89. The van der Waals surface area contributed by atoms with E-state index in [4.69, 9.17) is 10.6 Å². The van der Waals surface area contributed by atoms with Gasteiger partial charge in [0.1, 0.15) is 5.70 Å². The van der Waals surface area contributed by atoms with Gasteiger partial charge in [0.05, 0.1) is 36.2 Å². The lowest BCUT2D eigenvalue weighted by Gasteiger charge is -2.24. The summed E-state index contributed by atoms with van der Waals surface area (Å²) in [6, 6.07) is 1.78. The highest BCUT2D eigenvalue weighted by Gasteiger charge is 2.40. The molecule has 1 aromatic heterocycles. The largest absolute Gasteiger partial charge is 0.416 e. The van der Waals surface area contributed by atoms with Crippen LogP contribution in [0.2, 0.25) is 0 Å². The van der Waals surface area contributed by atoms with E-state index in [9.17, 15) is 22.8 Å². The number of aliphatic imine (C=N–C) groups is 1. The number of halogens is 3. The van der Waals surface area contributed by atoms with Gasteiger partial charge in [-0.05, 0) is 44.2 Å². The highest BCUT2D eigenvalue weighted by molar-refractivity contribution is 6.60. The summed E-state index contributed by atoms with van der Waals surface area (Å²) in [7, 11) is 1.73. The van der Waals surface area contributed by atoms with Gasteiger partial charge >= 0.3 is 6.18 Å². The first-order valence-electron chi connectivity index (χ1n) is 13.1. The Morgan fingerprint density at radius 3 is 2.83 bits per heavy atom. The Bertz CT molecular complexity index is 1160. The maximum atomic E-state index is 12.9. The molecule has 3 aliphatic heterocycles. The average Bonchev–Trinajstić information content (AvgIpc) is 3.66. The highest BCUT2D eigenvalue weighted by Crippen LogP contribution is 2.38. The molecule has 4 heterocycles. The summed E-state index contributed by atoms with van der Waals surface area (Å²) in [4.78, 5) is 33.0. The first kappa shape index (κ1) is 29.3. The summed E-state index contributed by atoms with van der Waals surface area (Å²) in [5.41, 5.74) is 2.49. The zero-order valence-electron chi connectivity index (χ0n) is 22.2. The van der Waals surface area contributed by atoms with Crippen molar-refractivity contribution in [3.63, 3.8) is 0 Å². The standard InChI is InChI=1S/C25H34F3N9O3/c1-36-35-21(24(39)33-13-18-11-17(6-8-31-18)25(26,27)28)15-37(36)9-3-2-7-30-14-20(34-29)23(38)32-12-16-10-19-4-5-22(16)40-19/h6,8,11,14-16,19,22,35H,2-5,7,9-10,12-13,29H2,1H3,(H,32,38)(H,33,39). The molecule has 3 aliphatic rings. The van der Waals surface area contributed by atoms with E-state index in [1.165, 1.54) is 6.21 Å². The smallest absolute Gasteiger partial charge is 0.375 e. The number of fused-ring (bicyclic) bond motifs is 2. The van der Waals surface area contributed by atoms with Gasteiger partial charge in [0.25, 0.3) is 11.8 Å². The first-order chi connectivity index (χ1) is 19.1. The van der Waals surface area contributed by atoms with Crippen LogP contribution in [0.1, 0.15) is 43.4 Å². The summed E-state index contributed by atoms with van der Waals surface area (Å²) in [6.45, 7) is 1.42. The molecular weight excluding hydrogens is 531 g/mol. The molecule has 0 aromatic carbocycles. The second kappa shape index (κ2) is 13.1. The highest BCUT2D eigenvalue weighted by atomic mass is 19.4. The van der Waals surface area contributed by atoms with Crippen LogP contribution in [-0.4, -0.2) is 77.7 Å². The third-order valence-electron chi connectivity index (χ3n) is 7.03. The number of aromatic nitrogens is 1. The number of amides is 2. The Morgan fingerprint density at radius 2 is 2.12 bits per heavy atom. The number of ether oxygens (including phenoxy) is 1. The van der Waals surface area contributed by atoms with Crippen molar-refractivity contribution in [2.45, 2.75) is 57.0 Å². The molecule has 0 saturated carbocycles. The molecule has 3 unspecified atom stereocenters. The first-order valence-corrected chi connectivity index (χ1v) is 13.1. The Labute approximate surface area is 229 Å². The lowest BCUT2D eigenvalue weighted by Crippen LogP contribution is -2.41. The minimum absolute atomic E-state index is 0.0615. The fraction of sp³-hybridized carbons (Fsp3) is 0.560. The number of hydrogen-bond acceptors (Lipinski definition) is 10. The molecular formula is C25H34F3N9O3. The molecule has 2 bridgehead atoms. The van der Waals surface area contributed by atoms with E-state index in [1.807, 2.05) is 0 Å². The van der Waals surface area contributed by atoms with E-state index in [0.717, 1.165) is 44.0 Å². The number of hydrazone groups is 1. The number of carbonyl (C=O) groups excluding carboxylic acids is 2. The number of rotatable bonds is 12. The predicted octanol–water partition coefficient (Wildman–Crippen LogP) is 1.07. The van der Waals surface area contributed by atoms with Crippen LogP contribution < -0.4 is 21.9 Å². The van der Waals surface area contributed by atoms with Crippen molar-refractivity contribution in [2.75, 3.05) is 26.7 Å². The van der Waals surface area contributed by atoms with Gasteiger partial charge in [-0.3, -0.25) is 30.0 Å². The Morgan fingerprint density at radius 1 is 1.30 bits per heavy atom. The van der Waals surface area contributed by atoms with E-state index in [0.29, 0.717) is 38.1 Å². The molecule has 12 nitrogen and oxygen atoms in total. The van der Waals surface area contributed by atoms with Gasteiger partial charge in [-0.1, -0.05) is 0 Å². The normalized spacial score (nSPS) is 23.0. The van der Waals surface area contributed by atoms with E-state index < -0.39 is 17.6 Å². The Kier molecular flexibility index (Phi) is 9.58. The second-order valence-corrected chi connectivity index (χ2v) is 9.89. The fourth-order valence-electron chi connectivity index (χ4n) is 4.89. The minimum Gasteiger partial charge on any atom is -0.375 e. The van der Waals surface area contributed by atoms with Gasteiger partial charge in [-0.25, -0.2) is 0 Å². The third-order valence-corrected chi connectivity index (χ3v) is 7.03. The van der Waals surface area contributed by atoms with E-state index >= 15 is 0 Å². The van der Waals surface area contributed by atoms with Gasteiger partial charge in [0, 0.05) is 45.0 Å². The number of nitrogens with zero attached hydrogens (tertiary/aromatic N) is 5. The number of nitrogens with one attached hydrogen (secondary N) is 3. The van der Waals surface area contributed by atoms with Gasteiger partial charge in [0.2, 0.25) is 0 Å². The number of hydrazine groups is 2. The van der Waals surface area contributed by atoms with Crippen molar-refractivity contribution < 1.29 is 27.5 Å². The molecule has 218 valence electrons. The third kappa shape index (κ3) is 7.69. The molecule has 0 radical (unpaired) electrons. The molecule has 40 heavy (non-hydrogen) atoms. The number of unbranched alkanes of at least 4 members (excludes halogenated alkanes) is 1. The molecule has 3 atom stereocenters. The molecule has 0 aliphatic carbocycles. The molecule has 5 N–H and O–H groups in total. The molecule has 2 fully saturated rings. The van der Waals surface area contributed by atoms with Crippen LogP contribution >= 0.6 is 0 Å². The van der Waals surface area contributed by atoms with Crippen molar-refractivity contribution in [2.24, 2.45) is 21.9 Å². The predicted molar refractivity (Wildman–Crippen MR) is 140 cm³/mol. The molecule has 2 amide bonds. The quantitative estimate of drug-likeness (QED) is 0.127. The number of alkyl halides is 3. The van der Waals surface area contributed by atoms with Crippen LogP contribution in [0.25, 0.3) is 0 Å². The molecule has 2 saturated heterocycles. The Balaban J connectivity index is 1.14. The van der Waals surface area contributed by atoms with E-state index in [2.05, 4.69) is 31.1 Å². The lowest BCUT2D eigenvalue weighted by molar-refractivity contribution is -0.137. The minimum atomic E-state index is -4.48. The second-order valence-electron chi connectivity index (χ2n) is 9.89. The van der Waals surface area contributed by atoms with Crippen LogP contribution in [0, 0.1) is 5.92 Å². The molecule has 15 heteroatoms. The SMILES string of the molecule is CN1NC(C(=O)NCc2cc(C(F)(F)F)ccn2)=CN1CCCCN=CC(=NN)C(=O)NCC1CC2CCC1O2. The fourth-order valence-corrected chi connectivity index (χ4v) is 4.89. The van der Waals surface area contributed by atoms with Crippen LogP contribution in [0.15, 0.2) is 40.3 Å². The van der Waals surface area contributed by atoms with Gasteiger partial charge in [0.15, 0.2) is 5.71 Å². The average molecular weight is 566 g/mol. The van der Waals surface area contributed by atoms with Crippen LogP contribution in [0.5, 0.6) is 0 Å². The van der Waals surface area contributed by atoms with Crippen molar-refractivity contribution >= 4 is 23.7 Å².